The van der Waals surface area contributed by atoms with Crippen molar-refractivity contribution in [2.24, 2.45) is 5.92 Å². The lowest BCUT2D eigenvalue weighted by Crippen LogP contribution is -2.43. The number of H-pyrrole nitrogens is 1. The van der Waals surface area contributed by atoms with Gasteiger partial charge >= 0.3 is 0 Å². The van der Waals surface area contributed by atoms with Crippen LogP contribution in [0.3, 0.4) is 0 Å². The lowest BCUT2D eigenvalue weighted by atomic mass is 9.97. The van der Waals surface area contributed by atoms with E-state index in [2.05, 4.69) is 15.8 Å². The quantitative estimate of drug-likeness (QED) is 0.449. The van der Waals surface area contributed by atoms with Crippen molar-refractivity contribution in [2.75, 3.05) is 0 Å². The summed E-state index contributed by atoms with van der Waals surface area (Å²) >= 11 is 0. The highest BCUT2D eigenvalue weighted by Crippen LogP contribution is 2.24. The van der Waals surface area contributed by atoms with Gasteiger partial charge in [-0.2, -0.15) is 0 Å². The van der Waals surface area contributed by atoms with E-state index >= 15 is 0 Å². The van der Waals surface area contributed by atoms with E-state index in [4.69, 9.17) is 0 Å². The molecule has 26 heavy (non-hydrogen) atoms. The fourth-order valence-corrected chi connectivity index (χ4v) is 2.95. The number of para-hydroxylation sites is 1. The van der Waals surface area contributed by atoms with Gasteiger partial charge in [-0.05, 0) is 17.5 Å². The molecule has 1 aromatic heterocycles. The van der Waals surface area contributed by atoms with Crippen LogP contribution >= 0.6 is 0 Å². The van der Waals surface area contributed by atoms with Crippen molar-refractivity contribution in [3.05, 3.63) is 71.9 Å². The zero-order valence-electron chi connectivity index (χ0n) is 15.0. The first-order valence-electron chi connectivity index (χ1n) is 8.76. The number of nitrogens with one attached hydrogen (secondary N) is 3. The highest BCUT2D eigenvalue weighted by molar-refractivity contribution is 6.10. The summed E-state index contributed by atoms with van der Waals surface area (Å²) in [5.41, 5.74) is 7.92. The Morgan fingerprint density at radius 2 is 1.69 bits per heavy atom. The molecule has 0 fully saturated rings. The maximum Gasteiger partial charge on any atom is 0.234 e. The Kier molecular flexibility index (Phi) is 5.49. The topological polar surface area (TPSA) is 74.0 Å². The summed E-state index contributed by atoms with van der Waals surface area (Å²) in [4.78, 5) is 28.4. The molecule has 0 saturated carbocycles. The molecule has 0 radical (unpaired) electrons. The van der Waals surface area contributed by atoms with E-state index in [-0.39, 0.29) is 17.6 Å². The second kappa shape index (κ2) is 7.97. The Balaban J connectivity index is 1.88. The van der Waals surface area contributed by atoms with E-state index in [0.717, 1.165) is 16.5 Å². The van der Waals surface area contributed by atoms with E-state index in [1.165, 1.54) is 0 Å². The molecule has 5 heteroatoms. The van der Waals surface area contributed by atoms with Crippen molar-refractivity contribution in [2.45, 2.75) is 26.3 Å². The van der Waals surface area contributed by atoms with Gasteiger partial charge < -0.3 is 4.98 Å². The zero-order valence-corrected chi connectivity index (χ0v) is 15.0. The highest BCUT2D eigenvalue weighted by atomic mass is 16.2. The molecule has 0 aliphatic carbocycles. The van der Waals surface area contributed by atoms with Crippen LogP contribution in [0.4, 0.5) is 0 Å². The van der Waals surface area contributed by atoms with Gasteiger partial charge in [0.05, 0.1) is 0 Å². The van der Waals surface area contributed by atoms with Crippen LogP contribution < -0.4 is 10.9 Å². The lowest BCUT2D eigenvalue weighted by molar-refractivity contribution is -0.122. The number of hydrogen-bond acceptors (Lipinski definition) is 3. The number of carbonyl (C=O) groups is 2. The molecule has 1 atom stereocenters. The Labute approximate surface area is 152 Å². The summed E-state index contributed by atoms with van der Waals surface area (Å²) < 4.78 is 0. The minimum absolute atomic E-state index is 0.0986. The number of hydrazine groups is 1. The van der Waals surface area contributed by atoms with Gasteiger partial charge in [-0.25, -0.2) is 5.43 Å². The van der Waals surface area contributed by atoms with E-state index in [9.17, 15) is 9.59 Å². The van der Waals surface area contributed by atoms with Gasteiger partial charge in [0.2, 0.25) is 5.91 Å². The Morgan fingerprint density at radius 3 is 2.42 bits per heavy atom. The molecular weight excluding hydrogens is 326 g/mol. The summed E-state index contributed by atoms with van der Waals surface area (Å²) in [6.45, 7) is 3.96. The fourth-order valence-electron chi connectivity index (χ4n) is 2.95. The second-order valence-corrected chi connectivity index (χ2v) is 6.75. The number of hydrogen-bond donors (Lipinski definition) is 3. The average molecular weight is 349 g/mol. The number of ketones is 1. The summed E-state index contributed by atoms with van der Waals surface area (Å²) in [5, 5.41) is 0.869. The zero-order chi connectivity index (χ0) is 18.5. The van der Waals surface area contributed by atoms with E-state index in [1.54, 1.807) is 6.20 Å². The van der Waals surface area contributed by atoms with Crippen molar-refractivity contribution < 1.29 is 9.59 Å². The molecule has 2 aromatic carbocycles. The first-order chi connectivity index (χ1) is 12.6. The maximum atomic E-state index is 13.2. The lowest BCUT2D eigenvalue weighted by Gasteiger charge is -2.19. The van der Waals surface area contributed by atoms with Crippen LogP contribution in [0.1, 0.15) is 42.2 Å². The van der Waals surface area contributed by atoms with Crippen LogP contribution in [0.15, 0.2) is 60.8 Å². The standard InChI is InChI=1S/C21H23N3O2/c1-14(2)12-19(25)23-24-20(15-8-4-3-5-9-15)21(26)17-13-22-18-11-7-6-10-16(17)18/h3-11,13-14,20,22,24H,12H2,1-2H3,(H,23,25)/t20-/m0/s1. The van der Waals surface area contributed by atoms with Crippen molar-refractivity contribution in [3.8, 4) is 0 Å². The SMILES string of the molecule is CC(C)CC(=O)NN[C@H](C(=O)c1c[nH]c2ccccc12)c1ccccc1. The third-order valence-corrected chi connectivity index (χ3v) is 4.20. The first-order valence-corrected chi connectivity index (χ1v) is 8.76. The fraction of sp³-hybridized carbons (Fsp3) is 0.238. The molecule has 0 aliphatic heterocycles. The number of aromatic nitrogens is 1. The first kappa shape index (κ1) is 17.9. The molecule has 3 rings (SSSR count). The molecule has 0 saturated heterocycles. The summed E-state index contributed by atoms with van der Waals surface area (Å²) in [7, 11) is 0. The van der Waals surface area contributed by atoms with Crippen LogP contribution in [-0.4, -0.2) is 16.7 Å². The Morgan fingerprint density at radius 1 is 1.00 bits per heavy atom. The van der Waals surface area contributed by atoms with Gasteiger partial charge in [-0.15, -0.1) is 0 Å². The van der Waals surface area contributed by atoms with Crippen molar-refractivity contribution in [1.29, 1.82) is 0 Å². The largest absolute Gasteiger partial charge is 0.360 e. The number of fused-ring (bicyclic) bond motifs is 1. The van der Waals surface area contributed by atoms with Gasteiger partial charge in [-0.1, -0.05) is 62.4 Å². The number of rotatable bonds is 7. The van der Waals surface area contributed by atoms with E-state index in [1.807, 2.05) is 68.4 Å². The summed E-state index contributed by atoms with van der Waals surface area (Å²) in [5.74, 6) is 0.0162. The normalized spacial score (nSPS) is 12.3. The average Bonchev–Trinajstić information content (AvgIpc) is 3.06. The predicted octanol–water partition coefficient (Wildman–Crippen LogP) is 3.76. The van der Waals surface area contributed by atoms with Crippen molar-refractivity contribution >= 4 is 22.6 Å². The minimum atomic E-state index is -0.661. The van der Waals surface area contributed by atoms with E-state index < -0.39 is 6.04 Å². The molecule has 0 bridgehead atoms. The Bertz CT molecular complexity index is 900. The van der Waals surface area contributed by atoms with Crippen LogP contribution in [-0.2, 0) is 4.79 Å². The van der Waals surface area contributed by atoms with Gasteiger partial charge in [0, 0.05) is 29.1 Å². The molecule has 0 unspecified atom stereocenters. The number of amides is 1. The summed E-state index contributed by atoms with van der Waals surface area (Å²) in [6, 6.07) is 16.4. The smallest absolute Gasteiger partial charge is 0.234 e. The second-order valence-electron chi connectivity index (χ2n) is 6.75. The van der Waals surface area contributed by atoms with Gasteiger partial charge in [0.1, 0.15) is 6.04 Å². The monoisotopic (exact) mass is 349 g/mol. The molecular formula is C21H23N3O2. The minimum Gasteiger partial charge on any atom is -0.360 e. The number of carbonyl (C=O) groups excluding carboxylic acids is 2. The molecule has 1 amide bonds. The summed E-state index contributed by atoms with van der Waals surface area (Å²) in [6.07, 6.45) is 2.12. The molecule has 134 valence electrons. The third-order valence-electron chi connectivity index (χ3n) is 4.20. The van der Waals surface area contributed by atoms with Gasteiger partial charge in [0.15, 0.2) is 5.78 Å². The third kappa shape index (κ3) is 4.00. The molecule has 5 nitrogen and oxygen atoms in total. The number of benzene rings is 2. The van der Waals surface area contributed by atoms with Crippen LogP contribution in [0.5, 0.6) is 0 Å². The van der Waals surface area contributed by atoms with Crippen LogP contribution in [0.2, 0.25) is 0 Å². The molecule has 3 N–H and O–H groups in total. The molecule has 1 heterocycles. The highest BCUT2D eigenvalue weighted by Gasteiger charge is 2.24. The van der Waals surface area contributed by atoms with Crippen molar-refractivity contribution in [1.82, 2.24) is 15.8 Å². The van der Waals surface area contributed by atoms with Gasteiger partial charge in [-0.3, -0.25) is 15.0 Å². The Hall–Kier alpha value is -2.92. The van der Waals surface area contributed by atoms with Crippen molar-refractivity contribution in [3.63, 3.8) is 0 Å². The van der Waals surface area contributed by atoms with E-state index in [0.29, 0.717) is 12.0 Å². The van der Waals surface area contributed by atoms with Gasteiger partial charge in [0.25, 0.3) is 0 Å². The molecule has 0 spiro atoms. The number of aromatic amines is 1. The van der Waals surface area contributed by atoms with Crippen LogP contribution in [0, 0.1) is 5.92 Å². The molecule has 0 aliphatic rings. The maximum absolute atomic E-state index is 13.2. The predicted molar refractivity (Wildman–Crippen MR) is 103 cm³/mol. The molecule has 3 aromatic rings. The van der Waals surface area contributed by atoms with Crippen LogP contribution in [0.25, 0.3) is 10.9 Å². The number of Topliss-reactive ketones (excluding diaryl/α,β-unsaturated/α-hetero) is 1.